The topological polar surface area (TPSA) is 132 Å². The van der Waals surface area contributed by atoms with Gasteiger partial charge in [-0.1, -0.05) is 63.1 Å². The minimum absolute atomic E-state index is 0.0615. The number of nitrogens with one attached hydrogen (secondary N) is 2. The van der Waals surface area contributed by atoms with E-state index < -0.39 is 47.1 Å². The highest BCUT2D eigenvalue weighted by Crippen LogP contribution is 2.47. The molecule has 0 unspecified atom stereocenters. The van der Waals surface area contributed by atoms with E-state index in [0.717, 1.165) is 53.3 Å². The number of amides is 3. The van der Waals surface area contributed by atoms with Gasteiger partial charge in [0.1, 0.15) is 29.0 Å². The van der Waals surface area contributed by atoms with E-state index in [9.17, 15) is 19.2 Å². The van der Waals surface area contributed by atoms with Crippen LogP contribution in [0.15, 0.2) is 48.6 Å². The zero-order valence-electron chi connectivity index (χ0n) is 31.1. The molecule has 0 radical (unpaired) electrons. The Kier molecular flexibility index (Phi) is 11.0. The van der Waals surface area contributed by atoms with Crippen molar-refractivity contribution in [2.75, 3.05) is 34.0 Å². The van der Waals surface area contributed by atoms with E-state index in [2.05, 4.69) is 54.8 Å². The van der Waals surface area contributed by atoms with Crippen LogP contribution in [0, 0.1) is 11.3 Å². The Labute approximate surface area is 306 Å². The zero-order valence-corrected chi connectivity index (χ0v) is 31.1. The molecule has 11 nitrogen and oxygen atoms in total. The first kappa shape index (κ1) is 37.4. The van der Waals surface area contributed by atoms with Crippen LogP contribution >= 0.6 is 0 Å². The SMILES string of the molecule is CCOC(=O)[C@@]12C[C@H]1/C=C\CCCCC[C@@H]1NC(=O)OCCC(C)(C)CC=Cc3cc4cc(ccc4cc3OC)[C@]3(OC)C[C@@H](C(=O)N2)N(C3)C1=O. The van der Waals surface area contributed by atoms with Gasteiger partial charge < -0.3 is 34.5 Å². The summed E-state index contributed by atoms with van der Waals surface area (Å²) in [4.78, 5) is 57.3. The van der Waals surface area contributed by atoms with Crippen molar-refractivity contribution in [3.8, 4) is 5.75 Å². The van der Waals surface area contributed by atoms with Crippen molar-refractivity contribution in [3.05, 3.63) is 59.7 Å². The minimum atomic E-state index is -1.21. The summed E-state index contributed by atoms with van der Waals surface area (Å²) >= 11 is 0. The monoisotopic (exact) mass is 715 g/mol. The van der Waals surface area contributed by atoms with Crippen LogP contribution in [0.25, 0.3) is 16.8 Å². The van der Waals surface area contributed by atoms with Crippen LogP contribution in [-0.2, 0) is 34.2 Å². The molecule has 4 aliphatic rings. The molecule has 3 amide bonds. The molecular weight excluding hydrogens is 662 g/mol. The van der Waals surface area contributed by atoms with Crippen LogP contribution in [0.4, 0.5) is 4.79 Å². The van der Waals surface area contributed by atoms with Crippen LogP contribution in [0.1, 0.15) is 89.7 Å². The molecule has 1 aliphatic carbocycles. The quantitative estimate of drug-likeness (QED) is 0.284. The summed E-state index contributed by atoms with van der Waals surface area (Å²) in [6.07, 6.45) is 13.1. The highest BCUT2D eigenvalue weighted by atomic mass is 16.5. The number of esters is 1. The van der Waals surface area contributed by atoms with E-state index in [-0.39, 0.29) is 37.5 Å². The highest BCUT2D eigenvalue weighted by Gasteiger charge is 2.63. The fraction of sp³-hybridized carbons (Fsp3) is 0.561. The Bertz CT molecular complexity index is 1750. The van der Waals surface area contributed by atoms with Crippen LogP contribution in [0.3, 0.4) is 0 Å². The molecule has 0 aromatic heterocycles. The van der Waals surface area contributed by atoms with Gasteiger partial charge in [0.25, 0.3) is 0 Å². The maximum Gasteiger partial charge on any atom is 0.407 e. The summed E-state index contributed by atoms with van der Waals surface area (Å²) in [7, 11) is 3.24. The lowest BCUT2D eigenvalue weighted by Crippen LogP contribution is -2.56. The number of benzene rings is 2. The predicted octanol–water partition coefficient (Wildman–Crippen LogP) is 6.18. The van der Waals surface area contributed by atoms with Crippen molar-refractivity contribution in [2.45, 2.75) is 102 Å². The lowest BCUT2D eigenvalue weighted by Gasteiger charge is -2.31. The van der Waals surface area contributed by atoms with Gasteiger partial charge in [0.15, 0.2) is 0 Å². The van der Waals surface area contributed by atoms with Crippen LogP contribution < -0.4 is 15.4 Å². The van der Waals surface area contributed by atoms with Crippen LogP contribution in [0.2, 0.25) is 0 Å². The second-order valence-electron chi connectivity index (χ2n) is 15.5. The van der Waals surface area contributed by atoms with E-state index in [1.807, 2.05) is 24.3 Å². The standard InChI is InChI=1S/C41H53N3O8/c1-6-51-37(47)41-24-31(41)14-10-8-7-9-11-15-32-36(46)44-26-40(50-5,25-33(44)35(45)43-41)30-17-16-27-23-34(49-4)28(21-29(27)22-30)13-12-18-39(2,3)19-20-52-38(48)42-32/h10,12-14,16-17,21-23,31-33H,6-9,11,15,18-20,24-26H2,1-5H3,(H,42,48)(H,43,45)/b13-12?,14-10-/t31-,32+,33+,40+,41-/m1/s1. The average molecular weight is 716 g/mol. The second kappa shape index (κ2) is 15.3. The third kappa shape index (κ3) is 7.70. The Hall–Kier alpha value is -4.38. The van der Waals surface area contributed by atoms with Gasteiger partial charge in [-0.3, -0.25) is 9.59 Å². The summed E-state index contributed by atoms with van der Waals surface area (Å²) < 4.78 is 23.2. The maximum absolute atomic E-state index is 14.7. The largest absolute Gasteiger partial charge is 0.496 e. The Morgan fingerprint density at radius 3 is 2.62 bits per heavy atom. The van der Waals surface area contributed by atoms with E-state index >= 15 is 0 Å². The Morgan fingerprint density at radius 2 is 1.85 bits per heavy atom. The number of methoxy groups -OCH3 is 2. The number of rotatable bonds is 4. The van der Waals surface area contributed by atoms with Crippen molar-refractivity contribution in [1.29, 1.82) is 0 Å². The first-order chi connectivity index (χ1) is 24.9. The number of carbonyl (C=O) groups excluding carboxylic acids is 4. The molecule has 2 aromatic rings. The van der Waals surface area contributed by atoms with Gasteiger partial charge in [-0.15, -0.1) is 0 Å². The fourth-order valence-corrected chi connectivity index (χ4v) is 7.93. The zero-order chi connectivity index (χ0) is 37.1. The van der Waals surface area contributed by atoms with E-state index in [1.54, 1.807) is 21.1 Å². The van der Waals surface area contributed by atoms with E-state index in [4.69, 9.17) is 18.9 Å². The molecular formula is C41H53N3O8. The van der Waals surface area contributed by atoms with Crippen LogP contribution in [-0.4, -0.2) is 80.4 Å². The fourth-order valence-electron chi connectivity index (χ4n) is 7.93. The summed E-state index contributed by atoms with van der Waals surface area (Å²) in [5, 5.41) is 7.83. The van der Waals surface area contributed by atoms with Crippen LogP contribution in [0.5, 0.6) is 5.75 Å². The van der Waals surface area contributed by atoms with Gasteiger partial charge >= 0.3 is 12.1 Å². The van der Waals surface area contributed by atoms with Crippen molar-refractivity contribution >= 4 is 40.7 Å². The molecule has 1 saturated carbocycles. The molecule has 6 rings (SSSR count). The first-order valence-corrected chi connectivity index (χ1v) is 18.7. The number of alkyl carbamates (subject to hydrolysis) is 1. The molecule has 6 bridgehead atoms. The molecule has 5 atom stereocenters. The summed E-state index contributed by atoms with van der Waals surface area (Å²) in [6.45, 7) is 6.41. The minimum Gasteiger partial charge on any atom is -0.496 e. The summed E-state index contributed by atoms with van der Waals surface area (Å²) in [5.41, 5.74) is -0.715. The molecule has 280 valence electrons. The van der Waals surface area contributed by atoms with Crippen molar-refractivity contribution in [1.82, 2.24) is 15.5 Å². The average Bonchev–Trinajstić information content (AvgIpc) is 3.66. The third-order valence-corrected chi connectivity index (χ3v) is 11.3. The Balaban J connectivity index is 1.45. The normalized spacial score (nSPS) is 30.1. The number of ether oxygens (including phenoxy) is 4. The van der Waals surface area contributed by atoms with Crippen molar-refractivity contribution in [3.63, 3.8) is 0 Å². The maximum atomic E-state index is 14.7. The lowest BCUT2D eigenvalue weighted by molar-refractivity contribution is -0.150. The van der Waals surface area contributed by atoms with Gasteiger partial charge in [-0.25, -0.2) is 9.59 Å². The number of hydrogen-bond acceptors (Lipinski definition) is 8. The third-order valence-electron chi connectivity index (χ3n) is 11.3. The number of cyclic esters (lactones) is 1. The van der Waals surface area contributed by atoms with Gasteiger partial charge in [0.2, 0.25) is 11.8 Å². The van der Waals surface area contributed by atoms with Gasteiger partial charge in [0.05, 0.1) is 26.9 Å². The first-order valence-electron chi connectivity index (χ1n) is 18.7. The summed E-state index contributed by atoms with van der Waals surface area (Å²) in [5.74, 6) is -0.804. The van der Waals surface area contributed by atoms with E-state index in [1.165, 1.54) is 4.90 Å². The van der Waals surface area contributed by atoms with E-state index in [0.29, 0.717) is 25.7 Å². The van der Waals surface area contributed by atoms with Gasteiger partial charge in [0, 0.05) is 25.0 Å². The number of allylic oxidation sites excluding steroid dienone is 2. The lowest BCUT2D eigenvalue weighted by atomic mass is 9.85. The molecule has 1 saturated heterocycles. The van der Waals surface area contributed by atoms with Crippen molar-refractivity contribution < 1.29 is 38.1 Å². The summed E-state index contributed by atoms with van der Waals surface area (Å²) in [6, 6.07) is 8.19. The van der Waals surface area contributed by atoms with Gasteiger partial charge in [-0.05, 0) is 85.4 Å². The molecule has 2 aromatic carbocycles. The molecule has 3 heterocycles. The predicted molar refractivity (Wildman–Crippen MR) is 197 cm³/mol. The number of carbonyl (C=O) groups is 4. The Morgan fingerprint density at radius 1 is 1.02 bits per heavy atom. The van der Waals surface area contributed by atoms with Crippen molar-refractivity contribution in [2.24, 2.45) is 11.3 Å². The number of hydrogen-bond donors (Lipinski definition) is 2. The molecule has 0 spiro atoms. The molecule has 11 heteroatoms. The molecule has 3 aliphatic heterocycles. The smallest absolute Gasteiger partial charge is 0.407 e. The second-order valence-corrected chi connectivity index (χ2v) is 15.5. The molecule has 52 heavy (non-hydrogen) atoms. The molecule has 2 N–H and O–H groups in total. The number of nitrogens with zero attached hydrogens (tertiary/aromatic N) is 1. The van der Waals surface area contributed by atoms with Gasteiger partial charge in [-0.2, -0.15) is 0 Å². The molecule has 2 fully saturated rings. The number of fused-ring (bicyclic) bond motifs is 6. The highest BCUT2D eigenvalue weighted by molar-refractivity contribution is 5.97.